The maximum Gasteiger partial charge on any atom is 0.222 e. The van der Waals surface area contributed by atoms with Gasteiger partial charge in [0.2, 0.25) is 5.91 Å². The van der Waals surface area contributed by atoms with Crippen LogP contribution in [0.3, 0.4) is 0 Å². The number of aromatic nitrogens is 5. The maximum atomic E-state index is 12.7. The molecule has 146 valence electrons. The van der Waals surface area contributed by atoms with Crippen LogP contribution in [0.15, 0.2) is 49.3 Å². The van der Waals surface area contributed by atoms with Gasteiger partial charge in [0, 0.05) is 70.0 Å². The number of rotatable bonds is 6. The molecule has 1 saturated heterocycles. The highest BCUT2D eigenvalue weighted by Gasteiger charge is 2.27. The first-order valence-corrected chi connectivity index (χ1v) is 9.84. The van der Waals surface area contributed by atoms with Gasteiger partial charge in [-0.1, -0.05) is 0 Å². The van der Waals surface area contributed by atoms with Crippen molar-refractivity contribution in [2.75, 3.05) is 13.1 Å². The first-order chi connectivity index (χ1) is 13.7. The monoisotopic (exact) mass is 378 g/mol. The van der Waals surface area contributed by atoms with Crippen molar-refractivity contribution >= 4 is 5.91 Å². The van der Waals surface area contributed by atoms with Crippen LogP contribution < -0.4 is 0 Å². The number of nitrogens with zero attached hydrogens (tertiary/aromatic N) is 6. The summed E-state index contributed by atoms with van der Waals surface area (Å²) in [4.78, 5) is 23.5. The smallest absolute Gasteiger partial charge is 0.222 e. The summed E-state index contributed by atoms with van der Waals surface area (Å²) in [5, 5.41) is 4.17. The molecule has 4 heterocycles. The Bertz CT molecular complexity index is 916. The van der Waals surface area contributed by atoms with Gasteiger partial charge in [-0.25, -0.2) is 4.98 Å². The fraction of sp³-hybridized carbons (Fsp3) is 0.429. The van der Waals surface area contributed by atoms with Crippen molar-refractivity contribution in [2.24, 2.45) is 7.05 Å². The number of carbonyl (C=O) groups is 1. The molecule has 1 fully saturated rings. The average molecular weight is 378 g/mol. The number of hydrogen-bond donors (Lipinski definition) is 0. The van der Waals surface area contributed by atoms with E-state index < -0.39 is 0 Å². The highest BCUT2D eigenvalue weighted by molar-refractivity contribution is 5.76. The molecular formula is C21H26N6O. The molecular weight excluding hydrogens is 352 g/mol. The van der Waals surface area contributed by atoms with Gasteiger partial charge in [-0.15, -0.1) is 0 Å². The summed E-state index contributed by atoms with van der Waals surface area (Å²) in [7, 11) is 1.90. The molecule has 3 aromatic rings. The number of aryl methyl sites for hydroxylation is 2. The zero-order valence-electron chi connectivity index (χ0n) is 16.2. The zero-order chi connectivity index (χ0) is 19.3. The third kappa shape index (κ3) is 4.30. The molecule has 28 heavy (non-hydrogen) atoms. The Kier molecular flexibility index (Phi) is 5.50. The van der Waals surface area contributed by atoms with Crippen LogP contribution in [0.2, 0.25) is 0 Å². The molecule has 0 saturated carbocycles. The van der Waals surface area contributed by atoms with Gasteiger partial charge in [-0.05, 0) is 42.5 Å². The molecule has 4 rings (SSSR count). The standard InChI is InChI=1S/C21H26N6O/c1-25-14-18(13-24-25)4-5-20(28)26-11-2-3-19(16-26)21-23-10-12-27(21)15-17-6-8-22-9-7-17/h6-10,12-14,19H,2-5,11,15-16H2,1H3. The van der Waals surface area contributed by atoms with Gasteiger partial charge in [0.25, 0.3) is 0 Å². The third-order valence-corrected chi connectivity index (χ3v) is 5.38. The van der Waals surface area contributed by atoms with E-state index in [1.54, 1.807) is 4.68 Å². The first-order valence-electron chi connectivity index (χ1n) is 9.84. The lowest BCUT2D eigenvalue weighted by atomic mass is 9.96. The highest BCUT2D eigenvalue weighted by atomic mass is 16.2. The van der Waals surface area contributed by atoms with Gasteiger partial charge in [-0.2, -0.15) is 5.10 Å². The van der Waals surface area contributed by atoms with Gasteiger partial charge in [0.15, 0.2) is 0 Å². The Hall–Kier alpha value is -2.96. The first kappa shape index (κ1) is 18.4. The minimum absolute atomic E-state index is 0.223. The van der Waals surface area contributed by atoms with Crippen LogP contribution in [0, 0.1) is 0 Å². The molecule has 0 spiro atoms. The minimum Gasteiger partial charge on any atom is -0.342 e. The molecule has 1 unspecified atom stereocenters. The van der Waals surface area contributed by atoms with E-state index in [1.165, 1.54) is 5.56 Å². The van der Waals surface area contributed by atoms with Crippen molar-refractivity contribution in [1.29, 1.82) is 0 Å². The Morgan fingerprint density at radius 2 is 2.07 bits per heavy atom. The van der Waals surface area contributed by atoms with E-state index in [0.29, 0.717) is 6.42 Å². The number of hydrogen-bond acceptors (Lipinski definition) is 4. The van der Waals surface area contributed by atoms with Crippen LogP contribution in [0.5, 0.6) is 0 Å². The minimum atomic E-state index is 0.223. The number of likely N-dealkylation sites (tertiary alicyclic amines) is 1. The SMILES string of the molecule is Cn1cc(CCC(=O)N2CCCC(c3nccn3Cc3ccncc3)C2)cn1. The molecule has 1 aliphatic heterocycles. The van der Waals surface area contributed by atoms with E-state index >= 15 is 0 Å². The molecule has 0 N–H and O–H groups in total. The van der Waals surface area contributed by atoms with E-state index in [1.807, 2.05) is 61.3 Å². The number of amides is 1. The fourth-order valence-electron chi connectivity index (χ4n) is 3.92. The molecule has 0 radical (unpaired) electrons. The zero-order valence-corrected chi connectivity index (χ0v) is 16.2. The second kappa shape index (κ2) is 8.37. The Labute approximate surface area is 165 Å². The van der Waals surface area contributed by atoms with Gasteiger partial charge in [0.05, 0.1) is 6.20 Å². The Balaban J connectivity index is 1.38. The van der Waals surface area contributed by atoms with Crippen molar-refractivity contribution in [3.05, 3.63) is 66.3 Å². The number of imidazole rings is 1. The summed E-state index contributed by atoms with van der Waals surface area (Å²) in [5.41, 5.74) is 2.31. The van der Waals surface area contributed by atoms with E-state index in [0.717, 1.165) is 50.3 Å². The second-order valence-corrected chi connectivity index (χ2v) is 7.47. The number of carbonyl (C=O) groups excluding carboxylic acids is 1. The Morgan fingerprint density at radius 1 is 1.21 bits per heavy atom. The van der Waals surface area contributed by atoms with Crippen molar-refractivity contribution in [3.63, 3.8) is 0 Å². The fourth-order valence-corrected chi connectivity index (χ4v) is 3.92. The normalized spacial score (nSPS) is 17.0. The summed E-state index contributed by atoms with van der Waals surface area (Å²) in [6.45, 7) is 2.37. The lowest BCUT2D eigenvalue weighted by Crippen LogP contribution is -2.39. The molecule has 1 amide bonds. The summed E-state index contributed by atoms with van der Waals surface area (Å²) in [5.74, 6) is 1.58. The molecule has 1 atom stereocenters. The third-order valence-electron chi connectivity index (χ3n) is 5.38. The average Bonchev–Trinajstić information content (AvgIpc) is 3.36. The molecule has 7 heteroatoms. The summed E-state index contributed by atoms with van der Waals surface area (Å²) < 4.78 is 3.98. The quantitative estimate of drug-likeness (QED) is 0.660. The van der Waals surface area contributed by atoms with Crippen molar-refractivity contribution < 1.29 is 4.79 Å². The van der Waals surface area contributed by atoms with Crippen molar-refractivity contribution in [2.45, 2.75) is 38.1 Å². The lowest BCUT2D eigenvalue weighted by Gasteiger charge is -2.33. The molecule has 0 aliphatic carbocycles. The van der Waals surface area contributed by atoms with E-state index in [4.69, 9.17) is 0 Å². The molecule has 0 aromatic carbocycles. The summed E-state index contributed by atoms with van der Waals surface area (Å²) in [6.07, 6.45) is 14.7. The number of piperidine rings is 1. The largest absolute Gasteiger partial charge is 0.342 e. The maximum absolute atomic E-state index is 12.7. The van der Waals surface area contributed by atoms with Gasteiger partial charge in [0.1, 0.15) is 5.82 Å². The number of pyridine rings is 1. The van der Waals surface area contributed by atoms with Crippen LogP contribution in [0.1, 0.15) is 42.1 Å². The van der Waals surface area contributed by atoms with Gasteiger partial charge >= 0.3 is 0 Å². The molecule has 3 aromatic heterocycles. The van der Waals surface area contributed by atoms with Crippen LogP contribution in [-0.4, -0.2) is 48.2 Å². The highest BCUT2D eigenvalue weighted by Crippen LogP contribution is 2.27. The lowest BCUT2D eigenvalue weighted by molar-refractivity contribution is -0.132. The predicted molar refractivity (Wildman–Crippen MR) is 106 cm³/mol. The second-order valence-electron chi connectivity index (χ2n) is 7.47. The van der Waals surface area contributed by atoms with Gasteiger partial charge in [-0.3, -0.25) is 14.5 Å². The van der Waals surface area contributed by atoms with Crippen LogP contribution in [0.4, 0.5) is 0 Å². The predicted octanol–water partition coefficient (Wildman–Crippen LogP) is 2.40. The van der Waals surface area contributed by atoms with Crippen molar-refractivity contribution in [1.82, 2.24) is 29.2 Å². The van der Waals surface area contributed by atoms with Crippen molar-refractivity contribution in [3.8, 4) is 0 Å². The van der Waals surface area contributed by atoms with E-state index in [-0.39, 0.29) is 11.8 Å². The van der Waals surface area contributed by atoms with Crippen LogP contribution in [-0.2, 0) is 24.8 Å². The topological polar surface area (TPSA) is 68.8 Å². The van der Waals surface area contributed by atoms with E-state index in [2.05, 4.69) is 19.6 Å². The van der Waals surface area contributed by atoms with Crippen LogP contribution >= 0.6 is 0 Å². The molecule has 0 bridgehead atoms. The van der Waals surface area contributed by atoms with Gasteiger partial charge < -0.3 is 9.47 Å². The van der Waals surface area contributed by atoms with Crippen LogP contribution in [0.25, 0.3) is 0 Å². The Morgan fingerprint density at radius 3 is 2.86 bits per heavy atom. The van der Waals surface area contributed by atoms with E-state index in [9.17, 15) is 4.79 Å². The molecule has 1 aliphatic rings. The summed E-state index contributed by atoms with van der Waals surface area (Å²) >= 11 is 0. The molecule has 7 nitrogen and oxygen atoms in total. The summed E-state index contributed by atoms with van der Waals surface area (Å²) in [6, 6.07) is 4.05.